The summed E-state index contributed by atoms with van der Waals surface area (Å²) in [5.41, 5.74) is 0. The second-order valence-electron chi connectivity index (χ2n) is 6.05. The predicted molar refractivity (Wildman–Crippen MR) is 82.6 cm³/mol. The number of piperidine rings is 1. The van der Waals surface area contributed by atoms with Gasteiger partial charge in [0.2, 0.25) is 0 Å². The highest BCUT2D eigenvalue weighted by atomic mass is 32.1. The van der Waals surface area contributed by atoms with Gasteiger partial charge in [0.25, 0.3) is 0 Å². The van der Waals surface area contributed by atoms with Gasteiger partial charge < -0.3 is 9.84 Å². The van der Waals surface area contributed by atoms with E-state index in [1.807, 2.05) is 11.3 Å². The van der Waals surface area contributed by atoms with Gasteiger partial charge in [-0.15, -0.1) is 11.3 Å². The normalized spacial score (nSPS) is 22.3. The van der Waals surface area contributed by atoms with E-state index in [0.717, 1.165) is 31.8 Å². The maximum atomic E-state index is 10.5. The minimum Gasteiger partial charge on any atom is -0.481 e. The van der Waals surface area contributed by atoms with E-state index in [9.17, 15) is 4.79 Å². The number of aliphatic carboxylic acids is 1. The third kappa shape index (κ3) is 4.05. The Morgan fingerprint density at radius 2 is 2.14 bits per heavy atom. The van der Waals surface area contributed by atoms with Crippen LogP contribution in [0.3, 0.4) is 0 Å². The van der Waals surface area contributed by atoms with Crippen LogP contribution in [0.5, 0.6) is 0 Å². The maximum Gasteiger partial charge on any atom is 0.305 e. The van der Waals surface area contributed by atoms with Crippen LogP contribution in [-0.4, -0.2) is 41.8 Å². The average molecular weight is 309 g/mol. The largest absolute Gasteiger partial charge is 0.481 e. The number of carboxylic acid groups (broad SMARTS) is 1. The Morgan fingerprint density at radius 1 is 1.38 bits per heavy atom. The highest BCUT2D eigenvalue weighted by molar-refractivity contribution is 7.10. The third-order valence-corrected chi connectivity index (χ3v) is 5.39. The number of carboxylic acids is 1. The summed E-state index contributed by atoms with van der Waals surface area (Å²) in [5.74, 6) is 0.0621. The Bertz CT molecular complexity index is 450. The van der Waals surface area contributed by atoms with Gasteiger partial charge >= 0.3 is 5.97 Å². The number of hydrogen-bond donors (Lipinski definition) is 1. The van der Waals surface area contributed by atoms with E-state index in [1.165, 1.54) is 17.7 Å². The molecule has 3 rings (SSSR count). The molecule has 1 aliphatic carbocycles. The molecular formula is C16H23NO3S. The van der Waals surface area contributed by atoms with Crippen LogP contribution in [0.2, 0.25) is 0 Å². The van der Waals surface area contributed by atoms with Crippen LogP contribution in [0.4, 0.5) is 0 Å². The second kappa shape index (κ2) is 6.90. The Hall–Kier alpha value is -0.910. The zero-order valence-corrected chi connectivity index (χ0v) is 13.1. The van der Waals surface area contributed by atoms with Crippen molar-refractivity contribution in [2.45, 2.75) is 44.2 Å². The zero-order valence-electron chi connectivity index (χ0n) is 12.2. The van der Waals surface area contributed by atoms with E-state index in [2.05, 4.69) is 22.4 Å². The van der Waals surface area contributed by atoms with Crippen molar-refractivity contribution < 1.29 is 14.6 Å². The van der Waals surface area contributed by atoms with Gasteiger partial charge in [0, 0.05) is 24.0 Å². The molecule has 5 heteroatoms. The summed E-state index contributed by atoms with van der Waals surface area (Å²) >= 11 is 1.87. The Balaban J connectivity index is 1.49. The lowest BCUT2D eigenvalue weighted by molar-refractivity contribution is -0.138. The molecule has 0 amide bonds. The Morgan fingerprint density at radius 3 is 2.71 bits per heavy atom. The fraction of sp³-hybridized carbons (Fsp3) is 0.688. The van der Waals surface area contributed by atoms with Crippen LogP contribution < -0.4 is 0 Å². The van der Waals surface area contributed by atoms with Crippen molar-refractivity contribution in [1.82, 2.24) is 4.90 Å². The average Bonchev–Trinajstić information content (AvgIpc) is 3.15. The molecule has 2 fully saturated rings. The van der Waals surface area contributed by atoms with Crippen molar-refractivity contribution >= 4 is 17.3 Å². The van der Waals surface area contributed by atoms with Crippen LogP contribution in [-0.2, 0) is 9.53 Å². The van der Waals surface area contributed by atoms with Gasteiger partial charge in [-0.1, -0.05) is 6.07 Å². The first-order valence-electron chi connectivity index (χ1n) is 7.85. The van der Waals surface area contributed by atoms with Crippen molar-refractivity contribution in [3.63, 3.8) is 0 Å². The molecule has 21 heavy (non-hydrogen) atoms. The quantitative estimate of drug-likeness (QED) is 0.840. The van der Waals surface area contributed by atoms with E-state index < -0.39 is 5.97 Å². The molecule has 0 radical (unpaired) electrons. The molecule has 1 aliphatic heterocycles. The van der Waals surface area contributed by atoms with Crippen molar-refractivity contribution in [2.24, 2.45) is 5.92 Å². The van der Waals surface area contributed by atoms with Gasteiger partial charge in [-0.3, -0.25) is 9.69 Å². The molecule has 1 aromatic heterocycles. The van der Waals surface area contributed by atoms with Crippen molar-refractivity contribution in [1.29, 1.82) is 0 Å². The first kappa shape index (κ1) is 15.0. The second-order valence-corrected chi connectivity index (χ2v) is 7.03. The Labute approximate surface area is 129 Å². The summed E-state index contributed by atoms with van der Waals surface area (Å²) in [7, 11) is 0. The lowest BCUT2D eigenvalue weighted by Crippen LogP contribution is -2.40. The SMILES string of the molecule is O=C(O)CCOC1CCN(C(c2cccs2)C2CC2)CC1. The first-order chi connectivity index (χ1) is 10.2. The Kier molecular flexibility index (Phi) is 4.93. The standard InChI is InChI=1S/C16H23NO3S/c18-15(19)7-10-20-13-5-8-17(9-6-13)16(12-3-4-12)14-2-1-11-21-14/h1-2,11-13,16H,3-10H2,(H,18,19). The number of thiophene rings is 1. The molecule has 2 heterocycles. The monoisotopic (exact) mass is 309 g/mol. The molecule has 1 saturated heterocycles. The van der Waals surface area contributed by atoms with Crippen LogP contribution in [0.15, 0.2) is 17.5 Å². The maximum absolute atomic E-state index is 10.5. The van der Waals surface area contributed by atoms with E-state index in [1.54, 1.807) is 0 Å². The van der Waals surface area contributed by atoms with Gasteiger partial charge in [-0.05, 0) is 43.0 Å². The molecule has 1 saturated carbocycles. The number of nitrogens with zero attached hydrogens (tertiary/aromatic N) is 1. The van der Waals surface area contributed by atoms with E-state index in [0.29, 0.717) is 12.6 Å². The van der Waals surface area contributed by atoms with Crippen molar-refractivity contribution in [2.75, 3.05) is 19.7 Å². The highest BCUT2D eigenvalue weighted by Crippen LogP contribution is 2.46. The number of hydrogen-bond acceptors (Lipinski definition) is 4. The third-order valence-electron chi connectivity index (χ3n) is 4.44. The molecule has 1 aromatic rings. The van der Waals surface area contributed by atoms with Gasteiger partial charge in [0.05, 0.1) is 19.1 Å². The van der Waals surface area contributed by atoms with E-state index >= 15 is 0 Å². The molecule has 1 unspecified atom stereocenters. The summed E-state index contributed by atoms with van der Waals surface area (Å²) in [6.07, 6.45) is 5.11. The van der Waals surface area contributed by atoms with Crippen LogP contribution in [0, 0.1) is 5.92 Å². The van der Waals surface area contributed by atoms with Crippen molar-refractivity contribution in [3.8, 4) is 0 Å². The summed E-state index contributed by atoms with van der Waals surface area (Å²) in [4.78, 5) is 14.6. The molecule has 116 valence electrons. The summed E-state index contributed by atoms with van der Waals surface area (Å²) in [6, 6.07) is 5.02. The summed E-state index contributed by atoms with van der Waals surface area (Å²) in [5, 5.41) is 10.8. The summed E-state index contributed by atoms with van der Waals surface area (Å²) in [6.45, 7) is 2.48. The molecule has 1 atom stereocenters. The van der Waals surface area contributed by atoms with Gasteiger partial charge in [0.15, 0.2) is 0 Å². The van der Waals surface area contributed by atoms with Gasteiger partial charge in [-0.2, -0.15) is 0 Å². The van der Waals surface area contributed by atoms with E-state index in [-0.39, 0.29) is 12.5 Å². The number of ether oxygens (including phenoxy) is 1. The lowest BCUT2D eigenvalue weighted by Gasteiger charge is -2.37. The fourth-order valence-corrected chi connectivity index (χ4v) is 4.17. The van der Waals surface area contributed by atoms with E-state index in [4.69, 9.17) is 9.84 Å². The van der Waals surface area contributed by atoms with Gasteiger partial charge in [-0.25, -0.2) is 0 Å². The molecule has 4 nitrogen and oxygen atoms in total. The molecule has 1 N–H and O–H groups in total. The lowest BCUT2D eigenvalue weighted by atomic mass is 10.0. The molecule has 0 bridgehead atoms. The molecule has 2 aliphatic rings. The number of rotatable bonds is 7. The van der Waals surface area contributed by atoms with Crippen LogP contribution >= 0.6 is 11.3 Å². The predicted octanol–water partition coefficient (Wildman–Crippen LogP) is 3.15. The summed E-state index contributed by atoms with van der Waals surface area (Å²) < 4.78 is 5.68. The number of carbonyl (C=O) groups is 1. The number of likely N-dealkylation sites (tertiary alicyclic amines) is 1. The van der Waals surface area contributed by atoms with Gasteiger partial charge in [0.1, 0.15) is 0 Å². The van der Waals surface area contributed by atoms with Crippen LogP contribution in [0.1, 0.15) is 43.0 Å². The fourth-order valence-electron chi connectivity index (χ4n) is 3.22. The minimum absolute atomic E-state index is 0.111. The topological polar surface area (TPSA) is 49.8 Å². The van der Waals surface area contributed by atoms with Crippen LogP contribution in [0.25, 0.3) is 0 Å². The zero-order chi connectivity index (χ0) is 14.7. The first-order valence-corrected chi connectivity index (χ1v) is 8.73. The molecule has 0 spiro atoms. The minimum atomic E-state index is -0.779. The molecule has 0 aromatic carbocycles. The molecular weight excluding hydrogens is 286 g/mol. The smallest absolute Gasteiger partial charge is 0.305 e. The highest BCUT2D eigenvalue weighted by Gasteiger charge is 2.38. The van der Waals surface area contributed by atoms with Crippen molar-refractivity contribution in [3.05, 3.63) is 22.4 Å².